The Hall–Kier alpha value is -3.08. The van der Waals surface area contributed by atoms with E-state index in [0.29, 0.717) is 16.8 Å². The van der Waals surface area contributed by atoms with Crippen molar-refractivity contribution in [3.8, 4) is 0 Å². The Bertz CT molecular complexity index is 970. The second-order valence-electron chi connectivity index (χ2n) is 6.25. The van der Waals surface area contributed by atoms with E-state index in [0.717, 1.165) is 16.9 Å². The van der Waals surface area contributed by atoms with Gasteiger partial charge in [0, 0.05) is 45.6 Å². The van der Waals surface area contributed by atoms with Gasteiger partial charge in [-0.2, -0.15) is 0 Å². The lowest BCUT2D eigenvalue weighted by molar-refractivity contribution is 0.552. The van der Waals surface area contributed by atoms with Crippen LogP contribution >= 0.6 is 0 Å². The lowest BCUT2D eigenvalue weighted by Crippen LogP contribution is -2.10. The van der Waals surface area contributed by atoms with Crippen LogP contribution in [0.25, 0.3) is 23.3 Å². The third-order valence-corrected chi connectivity index (χ3v) is 3.96. The van der Waals surface area contributed by atoms with E-state index < -0.39 is 5.63 Å². The first-order chi connectivity index (χ1) is 11.9. The Morgan fingerprint density at radius 3 is 2.16 bits per heavy atom. The summed E-state index contributed by atoms with van der Waals surface area (Å²) >= 11 is 0. The van der Waals surface area contributed by atoms with Crippen LogP contribution in [0, 0.1) is 0 Å². The molecule has 0 radical (unpaired) electrons. The van der Waals surface area contributed by atoms with Crippen molar-refractivity contribution in [2.45, 2.75) is 0 Å². The highest BCUT2D eigenvalue weighted by Crippen LogP contribution is 2.19. The number of rotatable bonds is 4. The van der Waals surface area contributed by atoms with Gasteiger partial charge in [-0.3, -0.25) is 0 Å². The first-order valence-corrected chi connectivity index (χ1v) is 8.02. The zero-order valence-electron chi connectivity index (χ0n) is 14.9. The maximum atomic E-state index is 12.2. The molecule has 5 nitrogen and oxygen atoms in total. The molecule has 0 saturated carbocycles. The maximum Gasteiger partial charge on any atom is 0.362 e. The monoisotopic (exact) mass is 335 g/mol. The Balaban J connectivity index is 1.91. The van der Waals surface area contributed by atoms with E-state index in [-0.39, 0.29) is 0 Å². The molecule has 128 valence electrons. The second-order valence-corrected chi connectivity index (χ2v) is 6.25. The summed E-state index contributed by atoms with van der Waals surface area (Å²) in [6.07, 6.45) is 3.55. The molecule has 5 heteroatoms. The Morgan fingerprint density at radius 1 is 0.880 bits per heavy atom. The minimum Gasteiger partial charge on any atom is -0.419 e. The van der Waals surface area contributed by atoms with Crippen LogP contribution in [0.2, 0.25) is 0 Å². The highest BCUT2D eigenvalue weighted by molar-refractivity contribution is 5.78. The molecule has 0 bridgehead atoms. The molecular formula is C20H21N3O2. The van der Waals surface area contributed by atoms with E-state index in [4.69, 9.17) is 4.42 Å². The third-order valence-electron chi connectivity index (χ3n) is 3.96. The van der Waals surface area contributed by atoms with Gasteiger partial charge in [0.2, 0.25) is 0 Å². The molecular weight excluding hydrogens is 314 g/mol. The van der Waals surface area contributed by atoms with Crippen molar-refractivity contribution in [3.63, 3.8) is 0 Å². The fraction of sp³-hybridized carbons (Fsp3) is 0.200. The van der Waals surface area contributed by atoms with Gasteiger partial charge in [-0.15, -0.1) is 0 Å². The standard InChI is InChI=1S/C20H21N3O2/c1-22(2)15-8-5-14(6-9-15)7-11-18-20(24)25-19-13-16(23(3)4)10-12-17(19)21-18/h5-13H,1-4H3/b11-7+. The van der Waals surface area contributed by atoms with Crippen molar-refractivity contribution < 1.29 is 4.42 Å². The minimum atomic E-state index is -0.440. The quantitative estimate of drug-likeness (QED) is 0.730. The molecule has 2 aromatic carbocycles. The summed E-state index contributed by atoms with van der Waals surface area (Å²) in [5.74, 6) is 0. The van der Waals surface area contributed by atoms with Gasteiger partial charge in [-0.25, -0.2) is 9.78 Å². The summed E-state index contributed by atoms with van der Waals surface area (Å²) in [7, 11) is 7.87. The molecule has 0 unspecified atom stereocenters. The molecule has 0 saturated heterocycles. The number of nitrogens with zero attached hydrogens (tertiary/aromatic N) is 3. The van der Waals surface area contributed by atoms with Crippen molar-refractivity contribution in [1.82, 2.24) is 4.98 Å². The molecule has 0 aliphatic carbocycles. The molecule has 1 heterocycles. The summed E-state index contributed by atoms with van der Waals surface area (Å²) in [5.41, 5.74) is 4.08. The normalized spacial score (nSPS) is 11.2. The van der Waals surface area contributed by atoms with Crippen LogP contribution in [0.1, 0.15) is 11.3 Å². The van der Waals surface area contributed by atoms with E-state index in [1.165, 1.54) is 0 Å². The maximum absolute atomic E-state index is 12.2. The minimum absolute atomic E-state index is 0.293. The van der Waals surface area contributed by atoms with Crippen LogP contribution in [0.5, 0.6) is 0 Å². The fourth-order valence-corrected chi connectivity index (χ4v) is 2.45. The number of benzene rings is 2. The Labute approximate surface area is 146 Å². The van der Waals surface area contributed by atoms with Gasteiger partial charge < -0.3 is 14.2 Å². The smallest absolute Gasteiger partial charge is 0.362 e. The van der Waals surface area contributed by atoms with Gasteiger partial charge >= 0.3 is 5.63 Å². The average Bonchev–Trinajstić information content (AvgIpc) is 2.59. The molecule has 0 spiro atoms. The van der Waals surface area contributed by atoms with Crippen LogP contribution < -0.4 is 15.4 Å². The number of aromatic nitrogens is 1. The van der Waals surface area contributed by atoms with Crippen LogP contribution in [-0.2, 0) is 0 Å². The van der Waals surface area contributed by atoms with E-state index in [9.17, 15) is 4.79 Å². The number of hydrogen-bond acceptors (Lipinski definition) is 5. The molecule has 0 aliphatic rings. The summed E-state index contributed by atoms with van der Waals surface area (Å²) in [5, 5.41) is 0. The largest absolute Gasteiger partial charge is 0.419 e. The second kappa shape index (κ2) is 6.81. The molecule has 0 aliphatic heterocycles. The summed E-state index contributed by atoms with van der Waals surface area (Å²) in [6, 6.07) is 13.7. The first kappa shape index (κ1) is 16.8. The molecule has 0 atom stereocenters. The lowest BCUT2D eigenvalue weighted by atomic mass is 10.2. The molecule has 0 N–H and O–H groups in total. The molecule has 3 aromatic rings. The van der Waals surface area contributed by atoms with E-state index in [1.807, 2.05) is 86.5 Å². The van der Waals surface area contributed by atoms with Crippen molar-refractivity contribution in [2.75, 3.05) is 38.0 Å². The van der Waals surface area contributed by atoms with Crippen molar-refractivity contribution in [1.29, 1.82) is 0 Å². The third kappa shape index (κ3) is 3.71. The highest BCUT2D eigenvalue weighted by Gasteiger charge is 2.06. The zero-order valence-corrected chi connectivity index (χ0v) is 14.9. The van der Waals surface area contributed by atoms with Gasteiger partial charge in [0.1, 0.15) is 11.2 Å². The average molecular weight is 335 g/mol. The van der Waals surface area contributed by atoms with E-state index in [2.05, 4.69) is 4.98 Å². The molecule has 25 heavy (non-hydrogen) atoms. The predicted octanol–water partition coefficient (Wildman–Crippen LogP) is 3.49. The van der Waals surface area contributed by atoms with E-state index in [1.54, 1.807) is 6.08 Å². The lowest BCUT2D eigenvalue weighted by Gasteiger charge is -2.12. The van der Waals surface area contributed by atoms with Gasteiger partial charge in [0.05, 0.1) is 0 Å². The Morgan fingerprint density at radius 2 is 1.52 bits per heavy atom. The molecule has 1 aromatic heterocycles. The SMILES string of the molecule is CN(C)c1ccc(/C=C/c2nc3ccc(N(C)C)cc3oc2=O)cc1. The van der Waals surface area contributed by atoms with Crippen molar-refractivity contribution in [2.24, 2.45) is 0 Å². The molecule has 0 fully saturated rings. The molecule has 0 amide bonds. The summed E-state index contributed by atoms with van der Waals surface area (Å²) < 4.78 is 5.42. The highest BCUT2D eigenvalue weighted by atomic mass is 16.4. The fourth-order valence-electron chi connectivity index (χ4n) is 2.45. The van der Waals surface area contributed by atoms with E-state index >= 15 is 0 Å². The van der Waals surface area contributed by atoms with Crippen molar-refractivity contribution in [3.05, 3.63) is 64.1 Å². The van der Waals surface area contributed by atoms with Crippen LogP contribution in [0.3, 0.4) is 0 Å². The summed E-state index contributed by atoms with van der Waals surface area (Å²) in [6.45, 7) is 0. The number of fused-ring (bicyclic) bond motifs is 1. The topological polar surface area (TPSA) is 49.6 Å². The van der Waals surface area contributed by atoms with Crippen LogP contribution in [0.15, 0.2) is 51.7 Å². The number of hydrogen-bond donors (Lipinski definition) is 0. The van der Waals surface area contributed by atoms with Gasteiger partial charge in [0.25, 0.3) is 0 Å². The molecule has 3 rings (SSSR count). The van der Waals surface area contributed by atoms with Gasteiger partial charge in [-0.05, 0) is 35.9 Å². The zero-order chi connectivity index (χ0) is 18.0. The van der Waals surface area contributed by atoms with Gasteiger partial charge in [0.15, 0.2) is 5.58 Å². The van der Waals surface area contributed by atoms with Crippen molar-refractivity contribution >= 4 is 34.6 Å². The predicted molar refractivity (Wildman–Crippen MR) is 104 cm³/mol. The summed E-state index contributed by atoms with van der Waals surface area (Å²) in [4.78, 5) is 20.6. The first-order valence-electron chi connectivity index (χ1n) is 8.02. The van der Waals surface area contributed by atoms with Gasteiger partial charge in [-0.1, -0.05) is 18.2 Å². The number of anilines is 2. The van der Waals surface area contributed by atoms with Crippen LogP contribution in [-0.4, -0.2) is 33.2 Å². The van der Waals surface area contributed by atoms with Crippen LogP contribution in [0.4, 0.5) is 11.4 Å². The Kier molecular flexibility index (Phi) is 4.57.